The average Bonchev–Trinajstić information content (AvgIpc) is 2.82. The molecule has 90 valence electrons. The Labute approximate surface area is 104 Å². The maximum Gasteiger partial charge on any atom is 0.123 e. The van der Waals surface area contributed by atoms with Crippen LogP contribution in [0.4, 0.5) is 4.39 Å². The van der Waals surface area contributed by atoms with Crippen molar-refractivity contribution in [2.45, 2.75) is 19.4 Å². The predicted molar refractivity (Wildman–Crippen MR) is 66.4 cm³/mol. The first-order valence-electron chi connectivity index (χ1n) is 5.54. The molecule has 0 spiro atoms. The Hall–Kier alpha value is -1.33. The van der Waals surface area contributed by atoms with Gasteiger partial charge in [0.2, 0.25) is 0 Å². The van der Waals surface area contributed by atoms with Gasteiger partial charge < -0.3 is 5.32 Å². The molecule has 1 aromatic carbocycles. The number of hydrogen-bond donors (Lipinski definition) is 1. The minimum absolute atomic E-state index is 0.154. The van der Waals surface area contributed by atoms with Crippen molar-refractivity contribution in [2.24, 2.45) is 0 Å². The normalized spacial score (nSPS) is 12.6. The van der Waals surface area contributed by atoms with E-state index in [9.17, 15) is 4.39 Å². The van der Waals surface area contributed by atoms with Crippen LogP contribution in [0.1, 0.15) is 23.4 Å². The van der Waals surface area contributed by atoms with Gasteiger partial charge in [-0.15, -0.1) is 5.10 Å². The minimum Gasteiger partial charge on any atom is -0.309 e. The Morgan fingerprint density at radius 1 is 1.47 bits per heavy atom. The van der Waals surface area contributed by atoms with Crippen molar-refractivity contribution in [2.75, 3.05) is 6.54 Å². The van der Waals surface area contributed by atoms with Gasteiger partial charge in [-0.25, -0.2) is 4.39 Å². The van der Waals surface area contributed by atoms with Crippen LogP contribution < -0.4 is 5.32 Å². The van der Waals surface area contributed by atoms with E-state index in [1.807, 2.05) is 13.0 Å². The maximum absolute atomic E-state index is 13.1. The molecular formula is C12H14FN3S. The first kappa shape index (κ1) is 12.1. The molecule has 3 nitrogen and oxygen atoms in total. The number of likely N-dealkylation sites (N-methyl/N-ethyl adjacent to an activating group) is 1. The third kappa shape index (κ3) is 3.31. The summed E-state index contributed by atoms with van der Waals surface area (Å²) in [6.45, 7) is 2.91. The van der Waals surface area contributed by atoms with Gasteiger partial charge in [-0.2, -0.15) is 0 Å². The smallest absolute Gasteiger partial charge is 0.123 e. The molecule has 2 rings (SSSR count). The summed E-state index contributed by atoms with van der Waals surface area (Å²) in [4.78, 5) is 1.08. The van der Waals surface area contributed by atoms with Crippen molar-refractivity contribution >= 4 is 11.5 Å². The predicted octanol–water partition coefficient (Wildman–Crippen LogP) is 2.57. The van der Waals surface area contributed by atoms with Crippen molar-refractivity contribution in [3.8, 4) is 0 Å². The Morgan fingerprint density at radius 2 is 2.35 bits per heavy atom. The number of halogens is 1. The molecule has 0 aliphatic heterocycles. The lowest BCUT2D eigenvalue weighted by molar-refractivity contribution is 0.554. The third-order valence-corrected chi connectivity index (χ3v) is 3.28. The zero-order valence-electron chi connectivity index (χ0n) is 9.56. The van der Waals surface area contributed by atoms with E-state index in [4.69, 9.17) is 0 Å². The second-order valence-corrected chi connectivity index (χ2v) is 4.58. The average molecular weight is 251 g/mol. The number of hydrogen-bond acceptors (Lipinski definition) is 4. The Balaban J connectivity index is 2.13. The standard InChI is InChI=1S/C12H14FN3S/c1-2-14-11(12-8-15-16-17-12)7-9-4-3-5-10(13)6-9/h3-6,8,11,14H,2,7H2,1H3. The third-order valence-electron chi connectivity index (χ3n) is 2.50. The van der Waals surface area contributed by atoms with E-state index in [0.29, 0.717) is 0 Å². The van der Waals surface area contributed by atoms with Crippen LogP contribution >= 0.6 is 11.5 Å². The zero-order valence-corrected chi connectivity index (χ0v) is 10.4. The van der Waals surface area contributed by atoms with Gasteiger partial charge in [0.25, 0.3) is 0 Å². The van der Waals surface area contributed by atoms with E-state index in [1.54, 1.807) is 18.3 Å². The topological polar surface area (TPSA) is 37.8 Å². The summed E-state index contributed by atoms with van der Waals surface area (Å²) in [6, 6.07) is 6.85. The highest BCUT2D eigenvalue weighted by Crippen LogP contribution is 2.20. The van der Waals surface area contributed by atoms with Gasteiger partial charge in [-0.05, 0) is 42.2 Å². The van der Waals surface area contributed by atoms with Gasteiger partial charge in [0.15, 0.2) is 0 Å². The van der Waals surface area contributed by atoms with Gasteiger partial charge in [-0.3, -0.25) is 0 Å². The quantitative estimate of drug-likeness (QED) is 0.887. The van der Waals surface area contributed by atoms with E-state index in [1.165, 1.54) is 17.6 Å². The van der Waals surface area contributed by atoms with Gasteiger partial charge in [0.05, 0.1) is 11.1 Å². The SMILES string of the molecule is CCNC(Cc1cccc(F)c1)c1cnns1. The summed E-state index contributed by atoms with van der Waals surface area (Å²) in [5.41, 5.74) is 0.976. The van der Waals surface area contributed by atoms with E-state index in [-0.39, 0.29) is 11.9 Å². The monoisotopic (exact) mass is 251 g/mol. The highest BCUT2D eigenvalue weighted by Gasteiger charge is 2.13. The largest absolute Gasteiger partial charge is 0.309 e. The Bertz CT molecular complexity index is 459. The molecule has 5 heteroatoms. The second kappa shape index (κ2) is 5.84. The molecule has 0 radical (unpaired) electrons. The molecule has 0 saturated carbocycles. The van der Waals surface area contributed by atoms with Gasteiger partial charge >= 0.3 is 0 Å². The number of aromatic nitrogens is 2. The molecule has 17 heavy (non-hydrogen) atoms. The lowest BCUT2D eigenvalue weighted by Gasteiger charge is -2.15. The van der Waals surface area contributed by atoms with Crippen molar-refractivity contribution in [1.82, 2.24) is 14.9 Å². The van der Waals surface area contributed by atoms with Gasteiger partial charge in [0.1, 0.15) is 5.82 Å². The fraction of sp³-hybridized carbons (Fsp3) is 0.333. The first-order chi connectivity index (χ1) is 8.29. The van der Waals surface area contributed by atoms with Crippen LogP contribution in [0.25, 0.3) is 0 Å². The van der Waals surface area contributed by atoms with Crippen LogP contribution in [0.2, 0.25) is 0 Å². The molecule has 0 aliphatic rings. The summed E-state index contributed by atoms with van der Waals surface area (Å²) in [5, 5.41) is 7.20. The lowest BCUT2D eigenvalue weighted by Crippen LogP contribution is -2.22. The summed E-state index contributed by atoms with van der Waals surface area (Å²) < 4.78 is 17.0. The highest BCUT2D eigenvalue weighted by molar-refractivity contribution is 7.05. The van der Waals surface area contributed by atoms with E-state index >= 15 is 0 Å². The fourth-order valence-corrected chi connectivity index (χ4v) is 2.32. The van der Waals surface area contributed by atoms with Gasteiger partial charge in [-0.1, -0.05) is 23.5 Å². The van der Waals surface area contributed by atoms with Crippen molar-refractivity contribution in [3.63, 3.8) is 0 Å². The molecule has 0 amide bonds. The van der Waals surface area contributed by atoms with Gasteiger partial charge in [0, 0.05) is 6.04 Å². The molecule has 2 aromatic rings. The number of benzene rings is 1. The number of nitrogens with one attached hydrogen (secondary N) is 1. The van der Waals surface area contributed by atoms with Crippen LogP contribution in [-0.2, 0) is 6.42 Å². The van der Waals surface area contributed by atoms with Crippen molar-refractivity contribution in [1.29, 1.82) is 0 Å². The summed E-state index contributed by atoms with van der Waals surface area (Å²) in [5.74, 6) is -0.194. The number of rotatable bonds is 5. The highest BCUT2D eigenvalue weighted by atomic mass is 32.1. The molecule has 1 N–H and O–H groups in total. The Kier molecular flexibility index (Phi) is 4.17. The van der Waals surface area contributed by atoms with Crippen molar-refractivity contribution in [3.05, 3.63) is 46.7 Å². The van der Waals surface area contributed by atoms with Crippen LogP contribution in [0.3, 0.4) is 0 Å². The van der Waals surface area contributed by atoms with E-state index in [0.717, 1.165) is 23.4 Å². The molecule has 0 saturated heterocycles. The fourth-order valence-electron chi connectivity index (χ4n) is 1.75. The molecule has 1 heterocycles. The van der Waals surface area contributed by atoms with Crippen LogP contribution in [0.15, 0.2) is 30.5 Å². The van der Waals surface area contributed by atoms with E-state index < -0.39 is 0 Å². The lowest BCUT2D eigenvalue weighted by atomic mass is 10.0. The second-order valence-electron chi connectivity index (χ2n) is 3.76. The number of nitrogens with zero attached hydrogens (tertiary/aromatic N) is 2. The van der Waals surface area contributed by atoms with Crippen molar-refractivity contribution < 1.29 is 4.39 Å². The molecule has 0 bridgehead atoms. The minimum atomic E-state index is -0.194. The Morgan fingerprint density at radius 3 is 3.00 bits per heavy atom. The zero-order chi connectivity index (χ0) is 12.1. The molecule has 1 unspecified atom stereocenters. The molecule has 1 atom stereocenters. The van der Waals surface area contributed by atoms with Crippen LogP contribution in [0.5, 0.6) is 0 Å². The summed E-state index contributed by atoms with van der Waals surface area (Å²) in [7, 11) is 0. The maximum atomic E-state index is 13.1. The first-order valence-corrected chi connectivity index (χ1v) is 6.32. The van der Waals surface area contributed by atoms with E-state index in [2.05, 4.69) is 14.9 Å². The molecular weight excluding hydrogens is 237 g/mol. The molecule has 0 fully saturated rings. The van der Waals surface area contributed by atoms with Crippen LogP contribution in [0, 0.1) is 5.82 Å². The van der Waals surface area contributed by atoms with Crippen LogP contribution in [-0.4, -0.2) is 16.1 Å². The summed E-state index contributed by atoms with van der Waals surface area (Å²) >= 11 is 1.38. The molecule has 0 aliphatic carbocycles. The summed E-state index contributed by atoms with van der Waals surface area (Å²) in [6.07, 6.45) is 2.51. The molecule has 1 aromatic heterocycles.